The van der Waals surface area contributed by atoms with E-state index in [0.717, 1.165) is 5.69 Å². The van der Waals surface area contributed by atoms with Gasteiger partial charge in [-0.1, -0.05) is 0 Å². The summed E-state index contributed by atoms with van der Waals surface area (Å²) in [4.78, 5) is 7.82. The molecule has 2 aromatic rings. The van der Waals surface area contributed by atoms with Gasteiger partial charge in [-0.05, 0) is 0 Å². The van der Waals surface area contributed by atoms with Gasteiger partial charge in [0.15, 0.2) is 0 Å². The molecular weight excluding hydrogens is 168 g/mol. The molecule has 0 saturated carbocycles. The highest BCUT2D eigenvalue weighted by atomic mass is 15.4. The Hall–Kier alpha value is -1.85. The molecule has 13 heavy (non-hydrogen) atoms. The fraction of sp³-hybridized carbons (Fsp3) is 0.286. The third-order valence-corrected chi connectivity index (χ3v) is 1.79. The first-order valence-electron chi connectivity index (χ1n) is 3.86. The summed E-state index contributed by atoms with van der Waals surface area (Å²) >= 11 is 0. The van der Waals surface area contributed by atoms with Gasteiger partial charge in [0.25, 0.3) is 0 Å². The van der Waals surface area contributed by atoms with E-state index >= 15 is 0 Å². The lowest BCUT2D eigenvalue weighted by molar-refractivity contribution is 0.648. The van der Waals surface area contributed by atoms with Crippen LogP contribution in [-0.2, 0) is 13.6 Å². The van der Waals surface area contributed by atoms with Crippen molar-refractivity contribution < 1.29 is 0 Å². The Morgan fingerprint density at radius 2 is 2.31 bits per heavy atom. The Bertz CT molecular complexity index is 401. The number of imidazole rings is 1. The van der Waals surface area contributed by atoms with Crippen LogP contribution < -0.4 is 5.73 Å². The number of hydrogen-bond acceptors (Lipinski definition) is 4. The zero-order chi connectivity index (χ0) is 9.26. The van der Waals surface area contributed by atoms with Crippen LogP contribution in [0.25, 0.3) is 0 Å². The van der Waals surface area contributed by atoms with Gasteiger partial charge in [0.1, 0.15) is 6.33 Å². The zero-order valence-electron chi connectivity index (χ0n) is 7.25. The van der Waals surface area contributed by atoms with Crippen LogP contribution in [0.5, 0.6) is 0 Å². The van der Waals surface area contributed by atoms with Gasteiger partial charge in [-0.3, -0.25) is 0 Å². The second-order valence-electron chi connectivity index (χ2n) is 2.80. The lowest BCUT2D eigenvalue weighted by Gasteiger charge is -2.00. The van der Waals surface area contributed by atoms with E-state index in [-0.39, 0.29) is 0 Å². The Labute approximate surface area is 75.0 Å². The Morgan fingerprint density at radius 1 is 1.46 bits per heavy atom. The molecule has 0 radical (unpaired) electrons. The highest BCUT2D eigenvalue weighted by Crippen LogP contribution is 1.99. The molecule has 0 bridgehead atoms. The summed E-state index contributed by atoms with van der Waals surface area (Å²) in [5.41, 5.74) is 6.44. The van der Waals surface area contributed by atoms with E-state index in [1.807, 2.05) is 11.6 Å². The SMILES string of the molecule is Cn1cncc1Cn1cnc(N)n1. The minimum absolute atomic E-state index is 0.294. The maximum Gasteiger partial charge on any atom is 0.239 e. The number of aryl methyl sites for hydroxylation is 1. The second kappa shape index (κ2) is 2.89. The van der Waals surface area contributed by atoms with E-state index in [4.69, 9.17) is 5.73 Å². The Kier molecular flexibility index (Phi) is 1.73. The van der Waals surface area contributed by atoms with Crippen molar-refractivity contribution in [3.05, 3.63) is 24.5 Å². The van der Waals surface area contributed by atoms with Crippen LogP contribution in [0.15, 0.2) is 18.9 Å². The molecule has 0 amide bonds. The molecule has 0 unspecified atom stereocenters. The lowest BCUT2D eigenvalue weighted by atomic mass is 10.5. The molecule has 0 aliphatic carbocycles. The van der Waals surface area contributed by atoms with E-state index in [0.29, 0.717) is 12.5 Å². The van der Waals surface area contributed by atoms with Gasteiger partial charge in [0, 0.05) is 7.05 Å². The van der Waals surface area contributed by atoms with Crippen molar-refractivity contribution in [1.29, 1.82) is 0 Å². The highest BCUT2D eigenvalue weighted by molar-refractivity contribution is 5.10. The molecule has 2 N–H and O–H groups in total. The summed E-state index contributed by atoms with van der Waals surface area (Å²) in [7, 11) is 1.93. The summed E-state index contributed by atoms with van der Waals surface area (Å²) in [5, 5.41) is 3.97. The molecule has 0 atom stereocenters. The highest BCUT2D eigenvalue weighted by Gasteiger charge is 2.00. The molecule has 2 heterocycles. The van der Waals surface area contributed by atoms with Gasteiger partial charge in [0.05, 0.1) is 24.8 Å². The van der Waals surface area contributed by atoms with Crippen LogP contribution >= 0.6 is 0 Å². The van der Waals surface area contributed by atoms with Crippen LogP contribution in [0.1, 0.15) is 5.69 Å². The number of nitrogens with zero attached hydrogens (tertiary/aromatic N) is 5. The molecule has 0 spiro atoms. The van der Waals surface area contributed by atoms with Crippen LogP contribution in [0, 0.1) is 0 Å². The number of rotatable bonds is 2. The molecule has 0 saturated heterocycles. The molecule has 0 fully saturated rings. The normalized spacial score (nSPS) is 10.5. The molecule has 6 nitrogen and oxygen atoms in total. The molecule has 0 aromatic carbocycles. The summed E-state index contributed by atoms with van der Waals surface area (Å²) in [6.07, 6.45) is 5.13. The number of nitrogens with two attached hydrogens (primary N) is 1. The molecule has 68 valence electrons. The third-order valence-electron chi connectivity index (χ3n) is 1.79. The van der Waals surface area contributed by atoms with Crippen molar-refractivity contribution in [2.45, 2.75) is 6.54 Å². The smallest absolute Gasteiger partial charge is 0.239 e. The van der Waals surface area contributed by atoms with E-state index in [9.17, 15) is 0 Å². The molecule has 6 heteroatoms. The van der Waals surface area contributed by atoms with Crippen LogP contribution in [-0.4, -0.2) is 24.3 Å². The molecule has 0 aliphatic rings. The van der Waals surface area contributed by atoms with E-state index < -0.39 is 0 Å². The number of nitrogen functional groups attached to an aromatic ring is 1. The topological polar surface area (TPSA) is 74.5 Å². The minimum Gasteiger partial charge on any atom is -0.367 e. The van der Waals surface area contributed by atoms with Crippen LogP contribution in [0.4, 0.5) is 5.95 Å². The quantitative estimate of drug-likeness (QED) is 0.681. The summed E-state index contributed by atoms with van der Waals surface area (Å²) in [6.45, 7) is 0.640. The predicted octanol–water partition coefficient (Wildman–Crippen LogP) is -0.358. The molecule has 2 rings (SSSR count). The monoisotopic (exact) mass is 178 g/mol. The van der Waals surface area contributed by atoms with Crippen molar-refractivity contribution in [3.63, 3.8) is 0 Å². The second-order valence-corrected chi connectivity index (χ2v) is 2.80. The fourth-order valence-electron chi connectivity index (χ4n) is 1.09. The number of aromatic nitrogens is 5. The molecule has 0 aliphatic heterocycles. The van der Waals surface area contributed by atoms with Gasteiger partial charge in [0.2, 0.25) is 5.95 Å². The van der Waals surface area contributed by atoms with Crippen molar-refractivity contribution in [1.82, 2.24) is 24.3 Å². The van der Waals surface area contributed by atoms with Crippen LogP contribution in [0.2, 0.25) is 0 Å². The van der Waals surface area contributed by atoms with E-state index in [1.54, 1.807) is 23.5 Å². The summed E-state index contributed by atoms with van der Waals surface area (Å²) in [5.74, 6) is 0.294. The van der Waals surface area contributed by atoms with Crippen LogP contribution in [0.3, 0.4) is 0 Å². The average molecular weight is 178 g/mol. The van der Waals surface area contributed by atoms with E-state index in [1.165, 1.54) is 0 Å². The number of anilines is 1. The third kappa shape index (κ3) is 1.51. The zero-order valence-corrected chi connectivity index (χ0v) is 7.25. The first-order chi connectivity index (χ1) is 6.25. The van der Waals surface area contributed by atoms with Gasteiger partial charge in [-0.25, -0.2) is 14.6 Å². The first kappa shape index (κ1) is 7.78. The van der Waals surface area contributed by atoms with Crippen molar-refractivity contribution >= 4 is 5.95 Å². The fourth-order valence-corrected chi connectivity index (χ4v) is 1.09. The standard InChI is InChI=1S/C7H10N6/c1-12-4-9-2-6(12)3-13-5-10-7(8)11-13/h2,4-5H,3H2,1H3,(H2,8,11). The summed E-state index contributed by atoms with van der Waals surface area (Å²) in [6, 6.07) is 0. The average Bonchev–Trinajstić information content (AvgIpc) is 2.64. The maximum atomic E-state index is 5.38. The first-order valence-corrected chi connectivity index (χ1v) is 3.86. The van der Waals surface area contributed by atoms with E-state index in [2.05, 4.69) is 15.1 Å². The largest absolute Gasteiger partial charge is 0.367 e. The Balaban J connectivity index is 2.19. The number of hydrogen-bond donors (Lipinski definition) is 1. The predicted molar refractivity (Wildman–Crippen MR) is 46.7 cm³/mol. The van der Waals surface area contributed by atoms with Crippen molar-refractivity contribution in [2.75, 3.05) is 5.73 Å². The molecule has 2 aromatic heterocycles. The molecular formula is C7H10N6. The lowest BCUT2D eigenvalue weighted by Crippen LogP contribution is -2.04. The van der Waals surface area contributed by atoms with Gasteiger partial charge < -0.3 is 10.3 Å². The van der Waals surface area contributed by atoms with Crippen molar-refractivity contribution in [3.8, 4) is 0 Å². The Morgan fingerprint density at radius 3 is 2.85 bits per heavy atom. The van der Waals surface area contributed by atoms with Gasteiger partial charge in [-0.2, -0.15) is 0 Å². The van der Waals surface area contributed by atoms with Gasteiger partial charge in [-0.15, -0.1) is 5.10 Å². The summed E-state index contributed by atoms with van der Waals surface area (Å²) < 4.78 is 3.60. The van der Waals surface area contributed by atoms with Gasteiger partial charge >= 0.3 is 0 Å². The maximum absolute atomic E-state index is 5.38. The minimum atomic E-state index is 0.294. The van der Waals surface area contributed by atoms with Crippen molar-refractivity contribution in [2.24, 2.45) is 7.05 Å².